The second-order valence-corrected chi connectivity index (χ2v) is 4.43. The molecule has 1 unspecified atom stereocenters. The molecule has 90 valence electrons. The van der Waals surface area contributed by atoms with E-state index in [1.165, 1.54) is 7.11 Å². The van der Waals surface area contributed by atoms with Gasteiger partial charge in [0, 0.05) is 12.0 Å². The lowest BCUT2D eigenvalue weighted by Gasteiger charge is -2.10. The van der Waals surface area contributed by atoms with Crippen LogP contribution in [0, 0.1) is 5.92 Å². The largest absolute Gasteiger partial charge is 0.469 e. The Labute approximate surface area is 96.0 Å². The van der Waals surface area contributed by atoms with Gasteiger partial charge in [0.25, 0.3) is 0 Å². The minimum atomic E-state index is -0.373. The molecule has 4 nitrogen and oxygen atoms in total. The quantitative estimate of drug-likeness (QED) is 0.739. The molecule has 0 bridgehead atoms. The van der Waals surface area contributed by atoms with Gasteiger partial charge in [0.05, 0.1) is 18.7 Å². The fourth-order valence-electron chi connectivity index (χ4n) is 1.35. The Morgan fingerprint density at radius 2 is 2.00 bits per heavy atom. The highest BCUT2D eigenvalue weighted by atomic mass is 16.5. The number of carbonyl (C=O) groups is 1. The summed E-state index contributed by atoms with van der Waals surface area (Å²) in [5.74, 6) is 0.931. The van der Waals surface area contributed by atoms with E-state index in [1.807, 2.05) is 6.07 Å². The molecule has 0 aromatic carbocycles. The maximum absolute atomic E-state index is 11.3. The smallest absolute Gasteiger partial charge is 0.314 e. The first-order valence-electron chi connectivity index (χ1n) is 5.51. The summed E-state index contributed by atoms with van der Waals surface area (Å²) in [5, 5.41) is 3.91. The molecule has 0 aliphatic heterocycles. The number of hydrogen-bond acceptors (Lipinski definition) is 4. The minimum Gasteiger partial charge on any atom is -0.469 e. The summed E-state index contributed by atoms with van der Waals surface area (Å²) >= 11 is 0. The second kappa shape index (κ2) is 5.14. The van der Waals surface area contributed by atoms with Gasteiger partial charge in [0.1, 0.15) is 5.76 Å². The van der Waals surface area contributed by atoms with Crippen molar-refractivity contribution in [1.29, 1.82) is 0 Å². The number of esters is 1. The zero-order valence-electron chi connectivity index (χ0n) is 10.5. The van der Waals surface area contributed by atoms with Crippen LogP contribution in [0.25, 0.3) is 0 Å². The highest BCUT2D eigenvalue weighted by molar-refractivity contribution is 5.76. The van der Waals surface area contributed by atoms with E-state index >= 15 is 0 Å². The summed E-state index contributed by atoms with van der Waals surface area (Å²) in [6.07, 6.45) is 0. The SMILES string of the molecule is COC(=O)C(C)c1cc([C@@H](C)C(C)C)on1. The summed E-state index contributed by atoms with van der Waals surface area (Å²) in [5.41, 5.74) is 0.634. The van der Waals surface area contributed by atoms with E-state index in [4.69, 9.17) is 4.52 Å². The second-order valence-electron chi connectivity index (χ2n) is 4.43. The van der Waals surface area contributed by atoms with Gasteiger partial charge < -0.3 is 9.26 Å². The van der Waals surface area contributed by atoms with Gasteiger partial charge in [-0.25, -0.2) is 0 Å². The van der Waals surface area contributed by atoms with Crippen LogP contribution in [0.5, 0.6) is 0 Å². The van der Waals surface area contributed by atoms with Gasteiger partial charge in [0.2, 0.25) is 0 Å². The molecule has 0 spiro atoms. The van der Waals surface area contributed by atoms with Crippen LogP contribution in [0.15, 0.2) is 10.6 Å². The number of rotatable bonds is 4. The maximum atomic E-state index is 11.3. The third kappa shape index (κ3) is 2.62. The van der Waals surface area contributed by atoms with Gasteiger partial charge in [-0.2, -0.15) is 0 Å². The van der Waals surface area contributed by atoms with Gasteiger partial charge in [-0.3, -0.25) is 4.79 Å². The lowest BCUT2D eigenvalue weighted by atomic mass is 9.94. The first-order chi connectivity index (χ1) is 7.47. The van der Waals surface area contributed by atoms with E-state index in [0.717, 1.165) is 5.76 Å². The summed E-state index contributed by atoms with van der Waals surface area (Å²) in [4.78, 5) is 11.3. The monoisotopic (exact) mass is 225 g/mol. The minimum absolute atomic E-state index is 0.294. The van der Waals surface area contributed by atoms with Gasteiger partial charge in [-0.1, -0.05) is 25.9 Å². The number of aromatic nitrogens is 1. The number of methoxy groups -OCH3 is 1. The molecule has 4 heteroatoms. The Bertz CT molecular complexity index is 357. The molecule has 0 aliphatic rings. The third-order valence-electron chi connectivity index (χ3n) is 2.99. The van der Waals surface area contributed by atoms with Crippen LogP contribution in [0.3, 0.4) is 0 Å². The first kappa shape index (κ1) is 12.7. The molecule has 2 atom stereocenters. The van der Waals surface area contributed by atoms with Crippen molar-refractivity contribution in [2.24, 2.45) is 5.92 Å². The highest BCUT2D eigenvalue weighted by Crippen LogP contribution is 2.26. The van der Waals surface area contributed by atoms with E-state index in [2.05, 4.69) is 30.7 Å². The number of nitrogens with zero attached hydrogens (tertiary/aromatic N) is 1. The Balaban J connectivity index is 2.82. The molecule has 0 radical (unpaired) electrons. The van der Waals surface area contributed by atoms with E-state index in [9.17, 15) is 4.79 Å². The van der Waals surface area contributed by atoms with Crippen molar-refractivity contribution in [1.82, 2.24) is 5.16 Å². The van der Waals surface area contributed by atoms with Crippen molar-refractivity contribution in [2.75, 3.05) is 7.11 Å². The third-order valence-corrected chi connectivity index (χ3v) is 2.99. The Kier molecular flexibility index (Phi) is 4.10. The van der Waals surface area contributed by atoms with Crippen LogP contribution >= 0.6 is 0 Å². The zero-order chi connectivity index (χ0) is 12.3. The predicted molar refractivity (Wildman–Crippen MR) is 60.2 cm³/mol. The summed E-state index contributed by atoms with van der Waals surface area (Å²) in [6, 6.07) is 1.84. The molecular weight excluding hydrogens is 206 g/mol. The average Bonchev–Trinajstić information content (AvgIpc) is 2.74. The van der Waals surface area contributed by atoms with Crippen molar-refractivity contribution >= 4 is 5.97 Å². The highest BCUT2D eigenvalue weighted by Gasteiger charge is 2.22. The lowest BCUT2D eigenvalue weighted by Crippen LogP contribution is -2.10. The van der Waals surface area contributed by atoms with Gasteiger partial charge in [0.15, 0.2) is 0 Å². The standard InChI is InChI=1S/C12H19NO3/c1-7(2)8(3)11-6-10(13-16-11)9(4)12(14)15-5/h6-9H,1-5H3/t8-,9?/m0/s1. The van der Waals surface area contributed by atoms with Gasteiger partial charge in [-0.05, 0) is 12.8 Å². The first-order valence-corrected chi connectivity index (χ1v) is 5.51. The number of ether oxygens (including phenoxy) is 1. The summed E-state index contributed by atoms with van der Waals surface area (Å²) in [6.45, 7) is 8.08. The molecule has 0 saturated heterocycles. The predicted octanol–water partition coefficient (Wildman–Crippen LogP) is 2.71. The molecule has 1 heterocycles. The van der Waals surface area contributed by atoms with Crippen LogP contribution in [-0.4, -0.2) is 18.2 Å². The van der Waals surface area contributed by atoms with E-state index < -0.39 is 0 Å². The van der Waals surface area contributed by atoms with E-state index in [-0.39, 0.29) is 11.9 Å². The van der Waals surface area contributed by atoms with E-state index in [1.54, 1.807) is 6.92 Å². The van der Waals surface area contributed by atoms with Crippen LogP contribution in [0.2, 0.25) is 0 Å². The molecular formula is C12H19NO3. The Morgan fingerprint density at radius 3 is 2.50 bits per heavy atom. The molecule has 0 aliphatic carbocycles. The van der Waals surface area contributed by atoms with Crippen molar-refractivity contribution < 1.29 is 14.1 Å². The average molecular weight is 225 g/mol. The van der Waals surface area contributed by atoms with Gasteiger partial charge in [-0.15, -0.1) is 0 Å². The normalized spacial score (nSPS) is 14.9. The molecule has 0 saturated carbocycles. The van der Waals surface area contributed by atoms with Crippen molar-refractivity contribution in [2.45, 2.75) is 39.5 Å². The zero-order valence-corrected chi connectivity index (χ0v) is 10.5. The van der Waals surface area contributed by atoms with Crippen molar-refractivity contribution in [3.63, 3.8) is 0 Å². The fourth-order valence-corrected chi connectivity index (χ4v) is 1.35. The number of hydrogen-bond donors (Lipinski definition) is 0. The molecule has 16 heavy (non-hydrogen) atoms. The lowest BCUT2D eigenvalue weighted by molar-refractivity contribution is -0.142. The van der Waals surface area contributed by atoms with Gasteiger partial charge >= 0.3 is 5.97 Å². The molecule has 0 amide bonds. The van der Waals surface area contributed by atoms with Crippen LogP contribution in [0.4, 0.5) is 0 Å². The molecule has 0 fully saturated rings. The Morgan fingerprint density at radius 1 is 1.38 bits per heavy atom. The number of carbonyl (C=O) groups excluding carboxylic acids is 1. The Hall–Kier alpha value is -1.32. The van der Waals surface area contributed by atoms with E-state index in [0.29, 0.717) is 17.5 Å². The maximum Gasteiger partial charge on any atom is 0.314 e. The molecule has 1 aromatic rings. The van der Waals surface area contributed by atoms with Crippen LogP contribution in [0.1, 0.15) is 51.0 Å². The molecule has 0 N–H and O–H groups in total. The fraction of sp³-hybridized carbons (Fsp3) is 0.667. The van der Waals surface area contributed by atoms with Crippen molar-refractivity contribution in [3.05, 3.63) is 17.5 Å². The van der Waals surface area contributed by atoms with Crippen LogP contribution < -0.4 is 0 Å². The molecule has 1 rings (SSSR count). The summed E-state index contributed by atoms with van der Waals surface area (Å²) < 4.78 is 9.91. The van der Waals surface area contributed by atoms with Crippen LogP contribution in [-0.2, 0) is 9.53 Å². The summed E-state index contributed by atoms with van der Waals surface area (Å²) in [7, 11) is 1.37. The topological polar surface area (TPSA) is 52.3 Å². The molecule has 1 aromatic heterocycles. The van der Waals surface area contributed by atoms with Crippen molar-refractivity contribution in [3.8, 4) is 0 Å².